The standard InChI is InChI=1S/C18H34O3/c1-4-5-6-7-8-9-10-11-12-13-14-16(2)18(15-21-18)17(19)20-3/h16H,4-15H2,1-3H3. The topological polar surface area (TPSA) is 38.8 Å². The molecule has 0 aliphatic carbocycles. The molecule has 2 unspecified atom stereocenters. The third kappa shape index (κ3) is 6.37. The number of hydrogen-bond acceptors (Lipinski definition) is 3. The molecule has 0 bridgehead atoms. The molecule has 0 aromatic heterocycles. The van der Waals surface area contributed by atoms with E-state index in [9.17, 15) is 4.79 Å². The molecule has 1 rings (SSSR count). The fourth-order valence-electron chi connectivity index (χ4n) is 3.03. The lowest BCUT2D eigenvalue weighted by atomic mass is 9.89. The zero-order valence-corrected chi connectivity index (χ0v) is 14.3. The molecule has 0 aromatic carbocycles. The van der Waals surface area contributed by atoms with Gasteiger partial charge in [-0.1, -0.05) is 78.1 Å². The van der Waals surface area contributed by atoms with Crippen molar-refractivity contribution >= 4 is 5.97 Å². The third-order valence-corrected chi connectivity index (χ3v) is 4.77. The number of carbonyl (C=O) groups is 1. The van der Waals surface area contributed by atoms with Crippen molar-refractivity contribution in [3.63, 3.8) is 0 Å². The quantitative estimate of drug-likeness (QED) is 0.276. The van der Waals surface area contributed by atoms with Crippen LogP contribution in [0.4, 0.5) is 0 Å². The third-order valence-electron chi connectivity index (χ3n) is 4.77. The molecule has 1 saturated heterocycles. The number of ether oxygens (including phenoxy) is 2. The lowest BCUT2D eigenvalue weighted by Crippen LogP contribution is -2.33. The fraction of sp³-hybridized carbons (Fsp3) is 0.944. The zero-order chi connectivity index (χ0) is 15.6. The Morgan fingerprint density at radius 1 is 1.05 bits per heavy atom. The minimum Gasteiger partial charge on any atom is -0.467 e. The summed E-state index contributed by atoms with van der Waals surface area (Å²) in [6.07, 6.45) is 14.5. The lowest BCUT2D eigenvalue weighted by molar-refractivity contribution is -0.149. The first-order valence-corrected chi connectivity index (χ1v) is 8.89. The molecule has 3 nitrogen and oxygen atoms in total. The van der Waals surface area contributed by atoms with Crippen LogP contribution in [0.2, 0.25) is 0 Å². The van der Waals surface area contributed by atoms with E-state index in [2.05, 4.69) is 13.8 Å². The van der Waals surface area contributed by atoms with E-state index >= 15 is 0 Å². The molecule has 124 valence electrons. The molecule has 0 amide bonds. The smallest absolute Gasteiger partial charge is 0.340 e. The first-order valence-electron chi connectivity index (χ1n) is 8.89. The number of carbonyl (C=O) groups excluding carboxylic acids is 1. The van der Waals surface area contributed by atoms with E-state index in [1.807, 2.05) is 0 Å². The average Bonchev–Trinajstić information content (AvgIpc) is 3.30. The van der Waals surface area contributed by atoms with Crippen molar-refractivity contribution < 1.29 is 14.3 Å². The summed E-state index contributed by atoms with van der Waals surface area (Å²) in [5.41, 5.74) is -0.603. The molecular weight excluding hydrogens is 264 g/mol. The van der Waals surface area contributed by atoms with Crippen molar-refractivity contribution in [2.75, 3.05) is 13.7 Å². The van der Waals surface area contributed by atoms with Gasteiger partial charge in [0.25, 0.3) is 0 Å². The molecule has 1 heterocycles. The molecule has 0 radical (unpaired) electrons. The Balaban J connectivity index is 1.94. The maximum Gasteiger partial charge on any atom is 0.340 e. The van der Waals surface area contributed by atoms with Gasteiger partial charge in [-0.3, -0.25) is 0 Å². The van der Waals surface area contributed by atoms with Crippen LogP contribution in [0.1, 0.15) is 84.5 Å². The van der Waals surface area contributed by atoms with E-state index in [-0.39, 0.29) is 11.9 Å². The summed E-state index contributed by atoms with van der Waals surface area (Å²) in [5, 5.41) is 0. The van der Waals surface area contributed by atoms with Gasteiger partial charge in [-0.15, -0.1) is 0 Å². The molecule has 3 heteroatoms. The van der Waals surface area contributed by atoms with Gasteiger partial charge in [-0.25, -0.2) is 4.79 Å². The van der Waals surface area contributed by atoms with Gasteiger partial charge >= 0.3 is 5.97 Å². The normalized spacial score (nSPS) is 22.0. The van der Waals surface area contributed by atoms with Crippen LogP contribution in [0.3, 0.4) is 0 Å². The van der Waals surface area contributed by atoms with Gasteiger partial charge in [-0.2, -0.15) is 0 Å². The summed E-state index contributed by atoms with van der Waals surface area (Å²) < 4.78 is 10.2. The number of esters is 1. The second kappa shape index (κ2) is 10.2. The van der Waals surface area contributed by atoms with Crippen molar-refractivity contribution in [1.82, 2.24) is 0 Å². The number of unbranched alkanes of at least 4 members (excludes halogenated alkanes) is 9. The molecular formula is C18H34O3. The van der Waals surface area contributed by atoms with Crippen LogP contribution in [0.25, 0.3) is 0 Å². The Bertz CT molecular complexity index is 284. The Morgan fingerprint density at radius 2 is 1.52 bits per heavy atom. The minimum atomic E-state index is -0.603. The summed E-state index contributed by atoms with van der Waals surface area (Å²) in [5.74, 6) is 0.0843. The largest absolute Gasteiger partial charge is 0.467 e. The molecule has 0 N–H and O–H groups in total. The van der Waals surface area contributed by atoms with E-state index in [4.69, 9.17) is 9.47 Å². The van der Waals surface area contributed by atoms with E-state index < -0.39 is 5.60 Å². The molecule has 0 saturated carbocycles. The Morgan fingerprint density at radius 3 is 1.95 bits per heavy atom. The maximum absolute atomic E-state index is 11.7. The van der Waals surface area contributed by atoms with Gasteiger partial charge in [0, 0.05) is 0 Å². The van der Waals surface area contributed by atoms with Crippen LogP contribution in [0, 0.1) is 5.92 Å². The lowest BCUT2D eigenvalue weighted by Gasteiger charge is -2.17. The summed E-state index contributed by atoms with van der Waals surface area (Å²) in [7, 11) is 1.44. The zero-order valence-electron chi connectivity index (χ0n) is 14.3. The molecule has 1 aliphatic rings. The van der Waals surface area contributed by atoms with Crippen molar-refractivity contribution in [3.8, 4) is 0 Å². The van der Waals surface area contributed by atoms with Crippen LogP contribution in [-0.2, 0) is 14.3 Å². The SMILES string of the molecule is CCCCCCCCCCCCC(C)C1(C(=O)OC)CO1. The van der Waals surface area contributed by atoms with E-state index in [0.29, 0.717) is 6.61 Å². The van der Waals surface area contributed by atoms with Gasteiger partial charge in [0.15, 0.2) is 5.60 Å². The highest BCUT2D eigenvalue weighted by atomic mass is 16.6. The molecule has 1 aliphatic heterocycles. The Labute approximate surface area is 130 Å². The monoisotopic (exact) mass is 298 g/mol. The first-order chi connectivity index (χ1) is 10.2. The van der Waals surface area contributed by atoms with Gasteiger partial charge in [0.2, 0.25) is 0 Å². The second-order valence-corrected chi connectivity index (χ2v) is 6.54. The van der Waals surface area contributed by atoms with Gasteiger partial charge < -0.3 is 9.47 Å². The second-order valence-electron chi connectivity index (χ2n) is 6.54. The molecule has 2 atom stereocenters. The fourth-order valence-corrected chi connectivity index (χ4v) is 3.03. The molecule has 0 spiro atoms. The maximum atomic E-state index is 11.7. The minimum absolute atomic E-state index is 0.193. The van der Waals surface area contributed by atoms with Gasteiger partial charge in [-0.05, 0) is 12.3 Å². The van der Waals surface area contributed by atoms with Crippen LogP contribution < -0.4 is 0 Å². The van der Waals surface area contributed by atoms with Crippen molar-refractivity contribution in [2.45, 2.75) is 90.1 Å². The molecule has 0 aromatic rings. The van der Waals surface area contributed by atoms with E-state index in [0.717, 1.165) is 6.42 Å². The first kappa shape index (κ1) is 18.5. The van der Waals surface area contributed by atoms with Crippen LogP contribution in [0.5, 0.6) is 0 Å². The number of rotatable bonds is 13. The highest BCUT2D eigenvalue weighted by molar-refractivity contribution is 5.82. The summed E-state index contributed by atoms with van der Waals surface area (Å²) in [6.45, 7) is 4.91. The molecule has 21 heavy (non-hydrogen) atoms. The van der Waals surface area contributed by atoms with Crippen LogP contribution >= 0.6 is 0 Å². The Hall–Kier alpha value is -0.570. The van der Waals surface area contributed by atoms with Crippen LogP contribution in [0.15, 0.2) is 0 Å². The predicted molar refractivity (Wildman–Crippen MR) is 86.3 cm³/mol. The number of hydrogen-bond donors (Lipinski definition) is 0. The van der Waals surface area contributed by atoms with Gasteiger partial charge in [0.05, 0.1) is 13.7 Å². The van der Waals surface area contributed by atoms with E-state index in [1.165, 1.54) is 71.3 Å². The Kier molecular flexibility index (Phi) is 8.98. The van der Waals surface area contributed by atoms with Gasteiger partial charge in [0.1, 0.15) is 0 Å². The molecule has 1 fully saturated rings. The highest BCUT2D eigenvalue weighted by Crippen LogP contribution is 2.39. The highest BCUT2D eigenvalue weighted by Gasteiger charge is 2.57. The van der Waals surface area contributed by atoms with Crippen LogP contribution in [-0.4, -0.2) is 25.3 Å². The summed E-state index contributed by atoms with van der Waals surface area (Å²) >= 11 is 0. The van der Waals surface area contributed by atoms with Crippen molar-refractivity contribution in [1.29, 1.82) is 0 Å². The van der Waals surface area contributed by atoms with Crippen molar-refractivity contribution in [2.24, 2.45) is 5.92 Å². The summed E-state index contributed by atoms with van der Waals surface area (Å²) in [4.78, 5) is 11.7. The average molecular weight is 298 g/mol. The number of methoxy groups -OCH3 is 1. The van der Waals surface area contributed by atoms with E-state index in [1.54, 1.807) is 0 Å². The van der Waals surface area contributed by atoms with Crippen molar-refractivity contribution in [3.05, 3.63) is 0 Å². The predicted octanol–water partition coefficient (Wildman–Crippen LogP) is 4.88. The number of epoxide rings is 1. The summed E-state index contributed by atoms with van der Waals surface area (Å²) in [6, 6.07) is 0.